The first kappa shape index (κ1) is 14.3. The maximum Gasteiger partial charge on any atom is 0.269 e. The summed E-state index contributed by atoms with van der Waals surface area (Å²) in [5.41, 5.74) is 2.33. The molecule has 23 heavy (non-hydrogen) atoms. The number of amides is 1. The van der Waals surface area contributed by atoms with Gasteiger partial charge in [0, 0.05) is 5.56 Å². The third-order valence-corrected chi connectivity index (χ3v) is 4.42. The van der Waals surface area contributed by atoms with E-state index in [4.69, 9.17) is 4.74 Å². The third-order valence-electron chi connectivity index (χ3n) is 4.42. The Morgan fingerprint density at radius 3 is 3.04 bits per heavy atom. The van der Waals surface area contributed by atoms with Crippen molar-refractivity contribution in [3.8, 4) is 17.0 Å². The zero-order valence-electron chi connectivity index (χ0n) is 13.1. The van der Waals surface area contributed by atoms with E-state index in [0.29, 0.717) is 12.2 Å². The molecule has 2 aromatic rings. The SMILES string of the molecule is COc1cccc(-c2cc3n(n2)[C@H](NCC2CC2)CNC3=O)c1. The molecule has 0 unspecified atom stereocenters. The molecule has 0 spiro atoms. The zero-order valence-corrected chi connectivity index (χ0v) is 13.1. The summed E-state index contributed by atoms with van der Waals surface area (Å²) in [5.74, 6) is 1.49. The zero-order chi connectivity index (χ0) is 15.8. The van der Waals surface area contributed by atoms with Crippen LogP contribution in [-0.2, 0) is 0 Å². The number of methoxy groups -OCH3 is 1. The summed E-state index contributed by atoms with van der Waals surface area (Å²) in [5, 5.41) is 11.1. The van der Waals surface area contributed by atoms with Crippen molar-refractivity contribution in [1.82, 2.24) is 20.4 Å². The van der Waals surface area contributed by atoms with Gasteiger partial charge < -0.3 is 10.1 Å². The number of carbonyl (C=O) groups is 1. The molecule has 1 aromatic carbocycles. The molecule has 0 saturated heterocycles. The lowest BCUT2D eigenvalue weighted by Crippen LogP contribution is -2.45. The lowest BCUT2D eigenvalue weighted by molar-refractivity contribution is 0.0900. The van der Waals surface area contributed by atoms with Crippen molar-refractivity contribution < 1.29 is 9.53 Å². The van der Waals surface area contributed by atoms with Crippen LogP contribution in [0.3, 0.4) is 0 Å². The number of benzene rings is 1. The number of carbonyl (C=O) groups excluding carboxylic acids is 1. The van der Waals surface area contributed by atoms with Crippen LogP contribution < -0.4 is 15.4 Å². The van der Waals surface area contributed by atoms with E-state index >= 15 is 0 Å². The van der Waals surface area contributed by atoms with Crippen LogP contribution in [0.1, 0.15) is 29.5 Å². The van der Waals surface area contributed by atoms with E-state index < -0.39 is 0 Å². The Labute approximate surface area is 134 Å². The summed E-state index contributed by atoms with van der Waals surface area (Å²) in [6.45, 7) is 1.55. The molecule has 6 nitrogen and oxygen atoms in total. The van der Waals surface area contributed by atoms with Crippen LogP contribution in [0.25, 0.3) is 11.3 Å². The Bertz CT molecular complexity index is 736. The first-order chi connectivity index (χ1) is 11.2. The van der Waals surface area contributed by atoms with Crippen LogP contribution in [0.5, 0.6) is 5.75 Å². The third kappa shape index (κ3) is 2.82. The van der Waals surface area contributed by atoms with E-state index in [1.54, 1.807) is 7.11 Å². The lowest BCUT2D eigenvalue weighted by Gasteiger charge is -2.25. The summed E-state index contributed by atoms with van der Waals surface area (Å²) < 4.78 is 7.08. The predicted molar refractivity (Wildman–Crippen MR) is 86.3 cm³/mol. The summed E-state index contributed by atoms with van der Waals surface area (Å²) >= 11 is 0. The van der Waals surface area contributed by atoms with E-state index in [9.17, 15) is 4.79 Å². The van der Waals surface area contributed by atoms with Crippen LogP contribution >= 0.6 is 0 Å². The highest BCUT2D eigenvalue weighted by Gasteiger charge is 2.29. The average Bonchev–Trinajstić information content (AvgIpc) is 3.30. The van der Waals surface area contributed by atoms with Gasteiger partial charge in [0.1, 0.15) is 17.6 Å². The van der Waals surface area contributed by atoms with E-state index in [0.717, 1.165) is 29.5 Å². The van der Waals surface area contributed by atoms with Gasteiger partial charge in [0.25, 0.3) is 5.91 Å². The van der Waals surface area contributed by atoms with Crippen molar-refractivity contribution in [3.63, 3.8) is 0 Å². The Balaban J connectivity index is 1.64. The van der Waals surface area contributed by atoms with E-state index in [1.807, 2.05) is 35.0 Å². The number of nitrogens with one attached hydrogen (secondary N) is 2. The van der Waals surface area contributed by atoms with Crippen molar-refractivity contribution >= 4 is 5.91 Å². The van der Waals surface area contributed by atoms with Gasteiger partial charge in [0.15, 0.2) is 0 Å². The predicted octanol–water partition coefficient (Wildman–Crippen LogP) is 1.80. The number of hydrogen-bond donors (Lipinski definition) is 2. The fourth-order valence-corrected chi connectivity index (χ4v) is 2.87. The molecule has 1 aromatic heterocycles. The van der Waals surface area contributed by atoms with Gasteiger partial charge in [0.05, 0.1) is 19.3 Å². The summed E-state index contributed by atoms with van der Waals surface area (Å²) in [6, 6.07) is 9.57. The Kier molecular flexibility index (Phi) is 3.53. The van der Waals surface area contributed by atoms with Gasteiger partial charge in [-0.05, 0) is 43.5 Å². The quantitative estimate of drug-likeness (QED) is 0.883. The second kappa shape index (κ2) is 5.70. The first-order valence-electron chi connectivity index (χ1n) is 8.00. The summed E-state index contributed by atoms with van der Waals surface area (Å²) in [6.07, 6.45) is 2.61. The molecule has 1 saturated carbocycles. The summed E-state index contributed by atoms with van der Waals surface area (Å²) in [7, 11) is 1.64. The highest BCUT2D eigenvalue weighted by molar-refractivity contribution is 5.94. The van der Waals surface area contributed by atoms with Crippen molar-refractivity contribution in [2.24, 2.45) is 5.92 Å². The second-order valence-corrected chi connectivity index (χ2v) is 6.17. The van der Waals surface area contributed by atoms with Crippen LogP contribution in [0.15, 0.2) is 30.3 Å². The van der Waals surface area contributed by atoms with Gasteiger partial charge in [-0.2, -0.15) is 5.10 Å². The topological polar surface area (TPSA) is 68.2 Å². The van der Waals surface area contributed by atoms with Crippen LogP contribution in [0.2, 0.25) is 0 Å². The molecule has 1 fully saturated rings. The Hall–Kier alpha value is -2.34. The molecule has 2 aliphatic rings. The van der Waals surface area contributed by atoms with Crippen LogP contribution in [-0.4, -0.2) is 35.9 Å². The van der Waals surface area contributed by atoms with Crippen molar-refractivity contribution in [3.05, 3.63) is 36.0 Å². The van der Waals surface area contributed by atoms with Crippen molar-refractivity contribution in [2.45, 2.75) is 19.0 Å². The normalized spacial score (nSPS) is 20.0. The van der Waals surface area contributed by atoms with Gasteiger partial charge in [-0.3, -0.25) is 10.1 Å². The molecule has 1 aliphatic carbocycles. The highest BCUT2D eigenvalue weighted by atomic mass is 16.5. The number of nitrogens with zero attached hydrogens (tertiary/aromatic N) is 2. The number of fused-ring (bicyclic) bond motifs is 1. The number of rotatable bonds is 5. The molecular weight excluding hydrogens is 292 g/mol. The maximum absolute atomic E-state index is 12.1. The molecule has 6 heteroatoms. The van der Waals surface area contributed by atoms with Crippen molar-refractivity contribution in [1.29, 1.82) is 0 Å². The van der Waals surface area contributed by atoms with Gasteiger partial charge in [-0.15, -0.1) is 0 Å². The van der Waals surface area contributed by atoms with Crippen LogP contribution in [0, 0.1) is 5.92 Å². The largest absolute Gasteiger partial charge is 0.497 e. The second-order valence-electron chi connectivity index (χ2n) is 6.17. The molecular formula is C17H20N4O2. The standard InChI is InChI=1S/C17H20N4O2/c1-23-13-4-2-3-12(7-13)14-8-15-17(22)19-10-16(21(15)20-14)18-9-11-5-6-11/h2-4,7-8,11,16,18H,5-6,9-10H2,1H3,(H,19,22)/t16-/m0/s1. The molecule has 2 heterocycles. The van der Waals surface area contributed by atoms with Crippen molar-refractivity contribution in [2.75, 3.05) is 20.2 Å². The smallest absolute Gasteiger partial charge is 0.269 e. The van der Waals surface area contributed by atoms with Gasteiger partial charge in [-0.25, -0.2) is 4.68 Å². The highest BCUT2D eigenvalue weighted by Crippen LogP contribution is 2.29. The minimum absolute atomic E-state index is 0.0163. The molecule has 2 N–H and O–H groups in total. The Morgan fingerprint density at radius 2 is 2.26 bits per heavy atom. The minimum atomic E-state index is -0.0730. The summed E-state index contributed by atoms with van der Waals surface area (Å²) in [4.78, 5) is 12.1. The molecule has 1 amide bonds. The fraction of sp³-hybridized carbons (Fsp3) is 0.412. The van der Waals surface area contributed by atoms with Gasteiger partial charge >= 0.3 is 0 Å². The average molecular weight is 312 g/mol. The lowest BCUT2D eigenvalue weighted by atomic mass is 10.1. The number of hydrogen-bond acceptors (Lipinski definition) is 4. The van der Waals surface area contributed by atoms with Gasteiger partial charge in [-0.1, -0.05) is 12.1 Å². The molecule has 0 radical (unpaired) electrons. The molecule has 1 aliphatic heterocycles. The first-order valence-corrected chi connectivity index (χ1v) is 8.00. The van der Waals surface area contributed by atoms with Gasteiger partial charge in [0.2, 0.25) is 0 Å². The number of aromatic nitrogens is 2. The monoisotopic (exact) mass is 312 g/mol. The fourth-order valence-electron chi connectivity index (χ4n) is 2.87. The molecule has 4 rings (SSSR count). The van der Waals surface area contributed by atoms with E-state index in [-0.39, 0.29) is 12.1 Å². The maximum atomic E-state index is 12.1. The minimum Gasteiger partial charge on any atom is -0.497 e. The molecule has 0 bridgehead atoms. The Morgan fingerprint density at radius 1 is 1.39 bits per heavy atom. The van der Waals surface area contributed by atoms with Crippen LogP contribution in [0.4, 0.5) is 0 Å². The molecule has 120 valence electrons. The van der Waals surface area contributed by atoms with E-state index in [1.165, 1.54) is 12.8 Å². The molecule has 1 atom stereocenters. The number of ether oxygens (including phenoxy) is 1. The van der Waals surface area contributed by atoms with E-state index in [2.05, 4.69) is 15.7 Å².